The lowest BCUT2D eigenvalue weighted by Gasteiger charge is -2.33. The van der Waals surface area contributed by atoms with Crippen LogP contribution in [-0.4, -0.2) is 78.9 Å². The molecule has 4 amide bonds. The average Bonchev–Trinajstić information content (AvgIpc) is 4.02. The number of aromatic nitrogens is 4. The van der Waals surface area contributed by atoms with Crippen LogP contribution in [0.25, 0.3) is 22.4 Å². The van der Waals surface area contributed by atoms with E-state index >= 15 is 0 Å². The normalized spacial score (nSPS) is 20.0. The number of benzene rings is 4. The van der Waals surface area contributed by atoms with Gasteiger partial charge in [0.05, 0.1) is 41.6 Å². The summed E-state index contributed by atoms with van der Waals surface area (Å²) in [5, 5.41) is 5.71. The van der Waals surface area contributed by atoms with E-state index in [0.717, 1.165) is 79.6 Å². The molecular weight excluding hydrogens is 1040 g/mol. The third-order valence-corrected chi connectivity index (χ3v) is 19.1. The summed E-state index contributed by atoms with van der Waals surface area (Å²) in [5.74, 6) is 8.02. The number of carbonyl (C=O) groups excluding carboxylic acids is 4. The van der Waals surface area contributed by atoms with Gasteiger partial charge in [-0.25, -0.2) is 19.6 Å². The van der Waals surface area contributed by atoms with Gasteiger partial charge in [-0.15, -0.1) is 0 Å². The van der Waals surface area contributed by atoms with Crippen molar-refractivity contribution in [2.75, 3.05) is 13.1 Å². The summed E-state index contributed by atoms with van der Waals surface area (Å²) >= 11 is 0. The molecule has 12 rings (SSSR count). The Morgan fingerprint density at radius 3 is 1.64 bits per heavy atom. The summed E-state index contributed by atoms with van der Waals surface area (Å²) in [6, 6.07) is 25.0. The summed E-state index contributed by atoms with van der Waals surface area (Å²) in [6.07, 6.45) is 21.0. The average molecular weight is 1120 g/mol. The zero-order valence-electron chi connectivity index (χ0n) is 48.8. The second-order valence-electron chi connectivity index (χ2n) is 25.4. The number of fused-ring (bicyclic) bond motifs is 2. The first-order valence-corrected chi connectivity index (χ1v) is 30.6. The molecule has 6 aromatic rings. The van der Waals surface area contributed by atoms with Crippen molar-refractivity contribution in [3.63, 3.8) is 0 Å². The first-order valence-electron chi connectivity index (χ1n) is 30.6. The lowest BCUT2D eigenvalue weighted by molar-refractivity contribution is -0.136. The number of amides is 4. The van der Waals surface area contributed by atoms with E-state index in [4.69, 9.17) is 24.4 Å². The molecule has 2 aliphatic heterocycles. The van der Waals surface area contributed by atoms with E-state index in [1.54, 1.807) is 54.7 Å². The fourth-order valence-electron chi connectivity index (χ4n) is 15.0. The molecule has 4 unspecified atom stereocenters. The standard InChI is InChI=1S/C69H78N8O6/c1-43(2)60(74-66(80)82-48-19-9-6-10-20-48)64(78)76-35-17-23-58(76)62-45(5)72-57(42-70-62)52-30-29-51(55-39-69(40-56(52)55)31-13-8-14-32-69)50-28-26-46(53-37-68(38-54(50)53)33-15-16-34-68)25-27-47-41-71-63(73-47)59-24-18-36-77(59)65(79)61(44(3)4)75-67(81)83-49-21-11-7-12-22-49/h6-7,9-12,19-22,26,28-30,41-44,58-61H,8,13-18,23-24,31-40H2,1-5H3,(H,71,73)(H,74,80)(H,75,81). The van der Waals surface area contributed by atoms with E-state index in [0.29, 0.717) is 36.1 Å². The van der Waals surface area contributed by atoms with Crippen molar-refractivity contribution in [2.24, 2.45) is 22.7 Å². The van der Waals surface area contributed by atoms with Gasteiger partial charge in [0, 0.05) is 24.2 Å². The van der Waals surface area contributed by atoms with Crippen LogP contribution in [0.4, 0.5) is 9.59 Å². The summed E-state index contributed by atoms with van der Waals surface area (Å²) in [6.45, 7) is 10.9. The Morgan fingerprint density at radius 2 is 1.07 bits per heavy atom. The quantitative estimate of drug-likeness (QED) is 0.101. The molecule has 4 heterocycles. The number of aromatic amines is 1. The SMILES string of the molecule is Cc1nc(-c2ccc(-c3ccc(C#Cc4cnc(C5CCCN5C(=O)C(NC(=O)Oc5ccccc5)C(C)C)[nH]4)c4c3CC3(CCCC3)C4)c3c2CC2(CCCCC2)C3)cnc1C1CCCN1C(=O)C(NC(=O)Oc1ccccc1)C(C)C. The molecule has 2 saturated heterocycles. The summed E-state index contributed by atoms with van der Waals surface area (Å²) < 4.78 is 11.0. The van der Waals surface area contributed by atoms with Crippen LogP contribution in [0, 0.1) is 41.4 Å². The molecule has 4 fully saturated rings. The maximum atomic E-state index is 14.4. The summed E-state index contributed by atoms with van der Waals surface area (Å²) in [4.78, 5) is 77.1. The third-order valence-electron chi connectivity index (χ3n) is 19.1. The zero-order valence-corrected chi connectivity index (χ0v) is 48.8. The Kier molecular flexibility index (Phi) is 15.8. The second-order valence-corrected chi connectivity index (χ2v) is 25.4. The largest absolute Gasteiger partial charge is 0.413 e. The minimum atomic E-state index is -0.762. The van der Waals surface area contributed by atoms with Gasteiger partial charge in [0.2, 0.25) is 11.8 Å². The number of para-hydroxylation sites is 2. The molecule has 2 saturated carbocycles. The van der Waals surface area contributed by atoms with Crippen molar-refractivity contribution in [3.8, 4) is 45.7 Å². The van der Waals surface area contributed by atoms with Crippen LogP contribution >= 0.6 is 0 Å². The number of aryl methyl sites for hydroxylation is 1. The minimum absolute atomic E-state index is 0.139. The minimum Gasteiger partial charge on any atom is -0.410 e. The molecule has 0 bridgehead atoms. The number of nitrogens with one attached hydrogen (secondary N) is 3. The van der Waals surface area contributed by atoms with Crippen molar-refractivity contribution < 1.29 is 28.7 Å². The Morgan fingerprint density at radius 1 is 0.578 bits per heavy atom. The van der Waals surface area contributed by atoms with Crippen molar-refractivity contribution >= 4 is 24.0 Å². The van der Waals surface area contributed by atoms with Crippen LogP contribution in [0.5, 0.6) is 11.5 Å². The topological polar surface area (TPSA) is 172 Å². The van der Waals surface area contributed by atoms with Gasteiger partial charge < -0.3 is 34.9 Å². The van der Waals surface area contributed by atoms with Crippen molar-refractivity contribution in [1.29, 1.82) is 0 Å². The van der Waals surface area contributed by atoms with Gasteiger partial charge in [0.25, 0.3) is 0 Å². The highest BCUT2D eigenvalue weighted by molar-refractivity contribution is 5.88. The van der Waals surface area contributed by atoms with Crippen LogP contribution in [-0.2, 0) is 35.3 Å². The van der Waals surface area contributed by atoms with Gasteiger partial charge in [0.1, 0.15) is 35.1 Å². The molecule has 3 N–H and O–H groups in total. The molecule has 6 aliphatic rings. The maximum absolute atomic E-state index is 14.4. The number of likely N-dealkylation sites (tertiary alicyclic amines) is 2. The molecule has 2 spiro atoms. The van der Waals surface area contributed by atoms with Crippen molar-refractivity contribution in [1.82, 2.24) is 40.4 Å². The van der Waals surface area contributed by atoms with Gasteiger partial charge >= 0.3 is 12.2 Å². The highest BCUT2D eigenvalue weighted by atomic mass is 16.6. The number of H-pyrrole nitrogens is 1. The molecule has 4 aliphatic carbocycles. The molecule has 14 nitrogen and oxygen atoms in total. The molecule has 430 valence electrons. The van der Waals surface area contributed by atoms with Crippen molar-refractivity contribution in [2.45, 2.75) is 168 Å². The first kappa shape index (κ1) is 55.7. The number of hydrogen-bond acceptors (Lipinski definition) is 9. The lowest BCUT2D eigenvalue weighted by Crippen LogP contribution is -2.51. The van der Waals surface area contributed by atoms with E-state index in [-0.39, 0.29) is 46.6 Å². The molecule has 0 radical (unpaired) electrons. The monoisotopic (exact) mass is 1110 g/mol. The van der Waals surface area contributed by atoms with E-state index in [1.807, 2.05) is 62.7 Å². The smallest absolute Gasteiger partial charge is 0.410 e. The highest BCUT2D eigenvalue weighted by Gasteiger charge is 2.45. The fourth-order valence-corrected chi connectivity index (χ4v) is 15.0. The molecule has 4 aromatic carbocycles. The van der Waals surface area contributed by atoms with E-state index in [9.17, 15) is 19.2 Å². The lowest BCUT2D eigenvalue weighted by atomic mass is 9.72. The third kappa shape index (κ3) is 11.4. The molecular formula is C69H78N8O6. The van der Waals surface area contributed by atoms with E-state index < -0.39 is 24.3 Å². The van der Waals surface area contributed by atoms with Gasteiger partial charge in [-0.2, -0.15) is 0 Å². The van der Waals surface area contributed by atoms with Crippen LogP contribution < -0.4 is 20.1 Å². The molecule has 83 heavy (non-hydrogen) atoms. The highest BCUT2D eigenvalue weighted by Crippen LogP contribution is 2.55. The number of carbonyl (C=O) groups is 4. The Hall–Kier alpha value is -7.79. The van der Waals surface area contributed by atoms with Crippen LogP contribution in [0.2, 0.25) is 0 Å². The Balaban J connectivity index is 0.811. The number of rotatable bonds is 12. The predicted molar refractivity (Wildman–Crippen MR) is 319 cm³/mol. The van der Waals surface area contributed by atoms with Gasteiger partial charge in [-0.05, 0) is 176 Å². The van der Waals surface area contributed by atoms with E-state index in [2.05, 4.69) is 51.7 Å². The Labute approximate surface area is 488 Å². The molecule has 14 heteroatoms. The van der Waals surface area contributed by atoms with Gasteiger partial charge in [0.15, 0.2) is 0 Å². The number of ether oxygens (including phenoxy) is 2. The van der Waals surface area contributed by atoms with Gasteiger partial charge in [-0.3, -0.25) is 14.6 Å². The second kappa shape index (κ2) is 23.5. The fraction of sp³-hybridized carbons (Fsp3) is 0.464. The predicted octanol–water partition coefficient (Wildman–Crippen LogP) is 12.9. The van der Waals surface area contributed by atoms with Gasteiger partial charge in [-0.1, -0.05) is 120 Å². The van der Waals surface area contributed by atoms with Crippen LogP contribution in [0.15, 0.2) is 97.3 Å². The zero-order chi connectivity index (χ0) is 57.4. The summed E-state index contributed by atoms with van der Waals surface area (Å²) in [7, 11) is 0. The number of nitrogens with zero attached hydrogens (tertiary/aromatic N) is 5. The van der Waals surface area contributed by atoms with Crippen molar-refractivity contribution in [3.05, 3.63) is 148 Å². The van der Waals surface area contributed by atoms with Crippen LogP contribution in [0.3, 0.4) is 0 Å². The number of imidazole rings is 1. The number of hydrogen-bond donors (Lipinski definition) is 3. The Bertz CT molecular complexity index is 3480. The van der Waals surface area contributed by atoms with E-state index in [1.165, 1.54) is 91.2 Å². The maximum Gasteiger partial charge on any atom is 0.413 e. The summed E-state index contributed by atoms with van der Waals surface area (Å²) in [5.41, 5.74) is 14.3. The first-order chi connectivity index (χ1) is 40.2. The van der Waals surface area contributed by atoms with Crippen LogP contribution in [0.1, 0.15) is 174 Å². The molecule has 2 aromatic heterocycles. The molecule has 4 atom stereocenters.